The van der Waals surface area contributed by atoms with Crippen molar-refractivity contribution >= 4 is 125 Å². The number of piperidine rings is 2. The molecule has 0 unspecified atom stereocenters. The maximum Gasteiger partial charge on any atom is 0.322 e. The number of carbonyl (C=O) groups excluding carboxylic acids is 4. The van der Waals surface area contributed by atoms with Crippen molar-refractivity contribution in [3.63, 3.8) is 0 Å². The number of imidazole rings is 2. The second-order valence-corrected chi connectivity index (χ2v) is 29.3. The number of rotatable bonds is 14. The van der Waals surface area contributed by atoms with Crippen molar-refractivity contribution < 1.29 is 60.6 Å². The molecule has 0 aliphatic carbocycles. The van der Waals surface area contributed by atoms with Gasteiger partial charge in [-0.3, -0.25) is 37.9 Å². The molecular weight excluding hydrogens is 1360 g/mol. The summed E-state index contributed by atoms with van der Waals surface area (Å²) in [6, 6.07) is 24.3. The number of sulfonamides is 2. The maximum absolute atomic E-state index is 14.5. The summed E-state index contributed by atoms with van der Waals surface area (Å²) in [6.07, 6.45) is 6.27. The van der Waals surface area contributed by atoms with E-state index in [1.165, 1.54) is 72.9 Å². The number of carboxylic acid groups (broad SMARTS) is 2. The average molecular weight is 1440 g/mol. The van der Waals surface area contributed by atoms with Crippen LogP contribution in [0.4, 0.5) is 23.3 Å². The monoisotopic (exact) mass is 1430 g/mol. The van der Waals surface area contributed by atoms with Crippen molar-refractivity contribution in [1.29, 1.82) is 10.5 Å². The summed E-state index contributed by atoms with van der Waals surface area (Å²) in [5.74, 6) is -3.81. The number of amides is 3. The summed E-state index contributed by atoms with van der Waals surface area (Å²) >= 11 is 25.0. The van der Waals surface area contributed by atoms with Crippen LogP contribution < -0.4 is 15.1 Å². The number of esters is 1. The standard InChI is InChI=1S/C31H30Cl2N6O6S.C25H21Cl2N5O5S.C7H13NO2.2CH4/c1-31(16-19-4-6-20(17-34)7-5-19)29(43)38(24-14-22(32)13-23(33)15-24)30-35-18-26(39(30)31)46(44,45)37-10-2-3-25(37)27(40)36-11-8-21(9-12-36)28(41)42;1-25(12-15-4-6-16(13-28)7-5-15)23(35)31(19-10-17(26)9-18(27)11-19)24-29-14-21(32(24)25)38(36,37)30-8-2-3-20(30)22(33)34;1-10-7(9)6-2-4-8-5-3-6;;/h4-7,13-15,18,21,25H,2-3,8-12,16H2,1H3,(H,41,42);4-7,9-11,14,20H,2-3,8,12H2,1H3,(H,33,34);6,8H,2-5H2,1H3;2*1H4/t25-,31+;20-,25+;;;/m00.../s1. The summed E-state index contributed by atoms with van der Waals surface area (Å²) in [5, 5.41) is 41.1. The Labute approximate surface area is 576 Å². The summed E-state index contributed by atoms with van der Waals surface area (Å²) in [6.45, 7) is 5.71. The molecule has 4 aromatic carbocycles. The van der Waals surface area contributed by atoms with Gasteiger partial charge in [-0.25, -0.2) is 36.6 Å². The van der Waals surface area contributed by atoms with Gasteiger partial charge in [0.1, 0.15) is 23.2 Å². The van der Waals surface area contributed by atoms with Gasteiger partial charge in [0, 0.05) is 59.1 Å². The number of halogens is 4. The first-order valence-electron chi connectivity index (χ1n) is 30.0. The Morgan fingerprint density at radius 1 is 0.594 bits per heavy atom. The van der Waals surface area contributed by atoms with Crippen LogP contribution in [-0.2, 0) is 77.5 Å². The Morgan fingerprint density at radius 3 is 1.36 bits per heavy atom. The van der Waals surface area contributed by atoms with Gasteiger partial charge in [-0.15, -0.1) is 0 Å². The van der Waals surface area contributed by atoms with E-state index < -0.39 is 72.9 Å². The van der Waals surface area contributed by atoms with Crippen LogP contribution in [-0.4, -0.2) is 154 Å². The van der Waals surface area contributed by atoms with Gasteiger partial charge in [0.2, 0.25) is 17.8 Å². The molecule has 3 N–H and O–H groups in total. The van der Waals surface area contributed by atoms with Gasteiger partial charge in [-0.2, -0.15) is 19.1 Å². The van der Waals surface area contributed by atoms with Crippen LogP contribution in [0.2, 0.25) is 20.1 Å². The van der Waals surface area contributed by atoms with Gasteiger partial charge in [0.25, 0.3) is 31.9 Å². The summed E-state index contributed by atoms with van der Waals surface area (Å²) in [7, 11) is -7.29. The number of methoxy groups -OCH3 is 1. The minimum atomic E-state index is -4.38. The Balaban J connectivity index is 0.000000213. The SMILES string of the molecule is C.C.COC(=O)C1CCNCC1.C[C@@]1(Cc2ccc(C#N)cc2)C(=O)N(c2cc(Cl)cc(Cl)c2)c2ncc(S(=O)(=O)N3CCC[C@H]3C(=O)N3CCC(C(=O)O)CC3)n21.C[C@@]1(Cc2ccc(C#N)cc2)C(=O)N(c2cc(Cl)cc(Cl)c2)c2ncc(S(=O)(=O)N3CCC[C@H]3C(=O)O)n21. The molecule has 0 spiro atoms. The predicted octanol–water partition coefficient (Wildman–Crippen LogP) is 9.54. The molecule has 0 saturated carbocycles. The molecule has 3 amide bonds. The van der Waals surface area contributed by atoms with Crippen LogP contribution in [0.15, 0.2) is 107 Å². The van der Waals surface area contributed by atoms with Crippen LogP contribution in [0.1, 0.15) is 102 Å². The molecule has 96 heavy (non-hydrogen) atoms. The number of fused-ring (bicyclic) bond motifs is 2. The molecule has 6 aliphatic rings. The highest BCUT2D eigenvalue weighted by atomic mass is 35.5. The lowest BCUT2D eigenvalue weighted by molar-refractivity contribution is -0.146. The van der Waals surface area contributed by atoms with Gasteiger partial charge in [-0.05, 0) is 150 Å². The lowest BCUT2D eigenvalue weighted by Gasteiger charge is -2.34. The first-order valence-corrected chi connectivity index (χ1v) is 34.4. The van der Waals surface area contributed by atoms with Crippen molar-refractivity contribution in [2.24, 2.45) is 11.8 Å². The Morgan fingerprint density at radius 2 is 0.990 bits per heavy atom. The zero-order valence-electron chi connectivity index (χ0n) is 51.0. The smallest absolute Gasteiger partial charge is 0.322 e. The van der Waals surface area contributed by atoms with Crippen LogP contribution in [0.5, 0.6) is 0 Å². The number of nitriles is 2. The van der Waals surface area contributed by atoms with E-state index in [0.29, 0.717) is 65.7 Å². The van der Waals surface area contributed by atoms with Gasteiger partial charge >= 0.3 is 17.9 Å². The molecule has 6 aliphatic heterocycles. The molecule has 6 aromatic rings. The second kappa shape index (κ2) is 29.8. The summed E-state index contributed by atoms with van der Waals surface area (Å²) in [4.78, 5) is 89.1. The number of carbonyl (C=O) groups is 6. The van der Waals surface area contributed by atoms with Crippen molar-refractivity contribution in [2.45, 2.75) is 126 Å². The van der Waals surface area contributed by atoms with E-state index in [4.69, 9.17) is 51.7 Å². The van der Waals surface area contributed by atoms with Crippen molar-refractivity contribution in [1.82, 2.24) is 37.9 Å². The van der Waals surface area contributed by atoms with Crippen molar-refractivity contribution in [3.8, 4) is 12.1 Å². The molecule has 0 bridgehead atoms. The number of benzene rings is 4. The third-order valence-corrected chi connectivity index (χ3v) is 22.4. The highest BCUT2D eigenvalue weighted by Crippen LogP contribution is 2.48. The Kier molecular flexibility index (Phi) is 22.9. The van der Waals surface area contributed by atoms with Crippen LogP contribution in [0.25, 0.3) is 0 Å². The summed E-state index contributed by atoms with van der Waals surface area (Å²) in [5.41, 5.74) is -0.124. The van der Waals surface area contributed by atoms with E-state index in [9.17, 15) is 61.1 Å². The summed E-state index contributed by atoms with van der Waals surface area (Å²) < 4.78 is 66.1. The fraction of sp³-hybridized carbons (Fsp3) is 0.415. The molecule has 31 heteroatoms. The van der Waals surface area contributed by atoms with E-state index in [1.54, 1.807) is 67.3 Å². The molecule has 8 heterocycles. The first kappa shape index (κ1) is 73.8. The number of ether oxygens (including phenoxy) is 1. The van der Waals surface area contributed by atoms with E-state index in [0.717, 1.165) is 36.4 Å². The highest BCUT2D eigenvalue weighted by molar-refractivity contribution is 7.89. The third-order valence-electron chi connectivity index (χ3n) is 17.8. The quantitative estimate of drug-likeness (QED) is 0.0854. The highest BCUT2D eigenvalue weighted by Gasteiger charge is 2.56. The zero-order valence-corrected chi connectivity index (χ0v) is 55.7. The van der Waals surface area contributed by atoms with Gasteiger partial charge < -0.3 is 25.2 Å². The number of hydrogen-bond acceptors (Lipinski definition) is 16. The lowest BCUT2D eigenvalue weighted by atomic mass is 9.91. The van der Waals surface area contributed by atoms with E-state index in [2.05, 4.69) is 26.1 Å². The minimum absolute atomic E-state index is 0. The number of carboxylic acids is 2. The number of aromatic nitrogens is 4. The zero-order chi connectivity index (χ0) is 67.8. The largest absolute Gasteiger partial charge is 0.481 e. The lowest BCUT2D eigenvalue weighted by Crippen LogP contribution is -2.51. The topological polar surface area (TPSA) is 332 Å². The van der Waals surface area contributed by atoms with E-state index in [1.807, 2.05) is 6.07 Å². The number of aliphatic carboxylic acids is 2. The van der Waals surface area contributed by atoms with E-state index in [-0.39, 0.29) is 120 Å². The molecule has 4 saturated heterocycles. The number of likely N-dealkylation sites (tertiary alicyclic amines) is 1. The molecule has 510 valence electrons. The number of hydrogen-bond donors (Lipinski definition) is 3. The predicted molar refractivity (Wildman–Crippen MR) is 358 cm³/mol. The molecule has 25 nitrogen and oxygen atoms in total. The number of nitrogens with one attached hydrogen (secondary N) is 1. The Bertz CT molecular complexity index is 4260. The fourth-order valence-corrected chi connectivity index (χ4v) is 17.7. The molecule has 12 rings (SSSR count). The van der Waals surface area contributed by atoms with Gasteiger partial charge in [-0.1, -0.05) is 85.5 Å². The maximum atomic E-state index is 14.5. The van der Waals surface area contributed by atoms with Gasteiger partial charge in [0.05, 0.1) is 66.0 Å². The number of anilines is 4. The van der Waals surface area contributed by atoms with Crippen LogP contribution in [0.3, 0.4) is 0 Å². The number of nitrogens with zero attached hydrogens (tertiary/aromatic N) is 11. The fourth-order valence-electron chi connectivity index (χ4n) is 13.0. The average Bonchev–Trinajstić information content (AvgIpc) is 1.55. The molecule has 2 aromatic heterocycles. The molecule has 0 radical (unpaired) electrons. The van der Waals surface area contributed by atoms with Crippen LogP contribution in [0, 0.1) is 34.5 Å². The van der Waals surface area contributed by atoms with Gasteiger partial charge in [0.15, 0.2) is 10.1 Å². The first-order chi connectivity index (χ1) is 44.7. The van der Waals surface area contributed by atoms with E-state index >= 15 is 0 Å². The van der Waals surface area contributed by atoms with Crippen molar-refractivity contribution in [2.75, 3.05) is 56.2 Å². The molecule has 4 atom stereocenters. The Hall–Kier alpha value is -7.96. The molecular formula is C65H72Cl4N12O13S2. The minimum Gasteiger partial charge on any atom is -0.481 e. The molecule has 4 fully saturated rings. The van der Waals surface area contributed by atoms with Crippen molar-refractivity contribution in [3.05, 3.63) is 140 Å². The third kappa shape index (κ3) is 14.4. The van der Waals surface area contributed by atoms with Crippen LogP contribution >= 0.6 is 46.4 Å². The second-order valence-electron chi connectivity index (χ2n) is 23.9. The normalized spacial score (nSPS) is 21.3.